The first-order valence-electron chi connectivity index (χ1n) is 8.85. The van der Waals surface area contributed by atoms with Gasteiger partial charge in [-0.05, 0) is 30.5 Å². The highest BCUT2D eigenvalue weighted by molar-refractivity contribution is 6.05. The molecule has 1 N–H and O–H groups in total. The van der Waals surface area contributed by atoms with E-state index in [1.54, 1.807) is 18.3 Å². The van der Waals surface area contributed by atoms with Crippen molar-refractivity contribution in [3.63, 3.8) is 0 Å². The third-order valence-corrected chi connectivity index (χ3v) is 4.83. The normalized spacial score (nSPS) is 13.2. The van der Waals surface area contributed by atoms with Gasteiger partial charge in [0.2, 0.25) is 0 Å². The molecular formula is C20H17N3O5. The lowest BCUT2D eigenvalue weighted by Crippen LogP contribution is -2.38. The second-order valence-corrected chi connectivity index (χ2v) is 6.54. The van der Waals surface area contributed by atoms with Gasteiger partial charge in [-0.15, -0.1) is 0 Å². The summed E-state index contributed by atoms with van der Waals surface area (Å²) in [6, 6.07) is 11.8. The summed E-state index contributed by atoms with van der Waals surface area (Å²) in [5, 5.41) is 11.7. The van der Waals surface area contributed by atoms with Gasteiger partial charge in [0, 0.05) is 41.5 Å². The fraction of sp³-hybridized carbons (Fsp3) is 0.200. The van der Waals surface area contributed by atoms with Gasteiger partial charge in [0.15, 0.2) is 6.61 Å². The molecule has 0 saturated heterocycles. The number of anilines is 1. The summed E-state index contributed by atoms with van der Waals surface area (Å²) in [5.41, 5.74) is 2.56. The van der Waals surface area contributed by atoms with E-state index in [9.17, 15) is 19.7 Å². The van der Waals surface area contributed by atoms with E-state index in [1.165, 1.54) is 17.0 Å². The molecule has 0 atom stereocenters. The lowest BCUT2D eigenvalue weighted by atomic mass is 10.0. The number of aromatic amines is 1. The van der Waals surface area contributed by atoms with E-state index in [1.807, 2.05) is 18.2 Å². The average Bonchev–Trinajstić information content (AvgIpc) is 3.15. The van der Waals surface area contributed by atoms with Crippen LogP contribution >= 0.6 is 0 Å². The number of fused-ring (bicyclic) bond motifs is 2. The summed E-state index contributed by atoms with van der Waals surface area (Å²) in [4.78, 5) is 40.0. The van der Waals surface area contributed by atoms with Crippen molar-refractivity contribution in [2.24, 2.45) is 0 Å². The SMILES string of the molecule is O=C(OCC(=O)N1CCCc2cc([N+](=O)[O-])ccc21)c1c[nH]c2ccccc12. The van der Waals surface area contributed by atoms with E-state index in [-0.39, 0.29) is 11.6 Å². The maximum atomic E-state index is 12.6. The van der Waals surface area contributed by atoms with Gasteiger partial charge >= 0.3 is 5.97 Å². The topological polar surface area (TPSA) is 106 Å². The number of hydrogen-bond donors (Lipinski definition) is 1. The fourth-order valence-electron chi connectivity index (χ4n) is 3.48. The Morgan fingerprint density at radius 1 is 1.21 bits per heavy atom. The highest BCUT2D eigenvalue weighted by atomic mass is 16.6. The molecule has 0 radical (unpaired) electrons. The Kier molecular flexibility index (Phi) is 4.52. The van der Waals surface area contributed by atoms with Gasteiger partial charge in [-0.2, -0.15) is 0 Å². The van der Waals surface area contributed by atoms with Crippen LogP contribution < -0.4 is 4.90 Å². The van der Waals surface area contributed by atoms with Crippen molar-refractivity contribution in [1.29, 1.82) is 0 Å². The number of esters is 1. The van der Waals surface area contributed by atoms with Crippen LogP contribution in [-0.4, -0.2) is 34.9 Å². The number of nitrogens with one attached hydrogen (secondary N) is 1. The molecule has 3 aromatic rings. The number of non-ortho nitro benzene ring substituents is 1. The molecule has 28 heavy (non-hydrogen) atoms. The van der Waals surface area contributed by atoms with Crippen LogP contribution in [0.15, 0.2) is 48.7 Å². The molecule has 0 aliphatic carbocycles. The number of aromatic nitrogens is 1. The molecule has 8 nitrogen and oxygen atoms in total. The maximum absolute atomic E-state index is 12.6. The van der Waals surface area contributed by atoms with E-state index in [0.29, 0.717) is 30.6 Å². The van der Waals surface area contributed by atoms with Crippen LogP contribution in [-0.2, 0) is 16.0 Å². The van der Waals surface area contributed by atoms with Crippen molar-refractivity contribution in [2.45, 2.75) is 12.8 Å². The van der Waals surface area contributed by atoms with E-state index in [4.69, 9.17) is 4.74 Å². The second kappa shape index (κ2) is 7.15. The average molecular weight is 379 g/mol. The number of hydrogen-bond acceptors (Lipinski definition) is 5. The van der Waals surface area contributed by atoms with Crippen LogP contribution in [0.2, 0.25) is 0 Å². The van der Waals surface area contributed by atoms with Crippen LogP contribution in [0.1, 0.15) is 22.3 Å². The number of amides is 1. The molecule has 1 amide bonds. The molecule has 2 aromatic carbocycles. The number of rotatable bonds is 4. The number of carbonyl (C=O) groups excluding carboxylic acids is 2. The minimum absolute atomic E-state index is 0.00110. The largest absolute Gasteiger partial charge is 0.452 e. The number of benzene rings is 2. The Morgan fingerprint density at radius 2 is 2.04 bits per heavy atom. The van der Waals surface area contributed by atoms with Gasteiger partial charge < -0.3 is 14.6 Å². The maximum Gasteiger partial charge on any atom is 0.340 e. The molecule has 0 bridgehead atoms. The minimum atomic E-state index is -0.577. The molecular weight excluding hydrogens is 362 g/mol. The van der Waals surface area contributed by atoms with Gasteiger partial charge in [-0.25, -0.2) is 4.79 Å². The van der Waals surface area contributed by atoms with Crippen LogP contribution in [0.25, 0.3) is 10.9 Å². The Labute approximate surface area is 159 Å². The lowest BCUT2D eigenvalue weighted by molar-refractivity contribution is -0.384. The smallest absolute Gasteiger partial charge is 0.340 e. The minimum Gasteiger partial charge on any atom is -0.452 e. The van der Waals surface area contributed by atoms with Crippen LogP contribution in [0.5, 0.6) is 0 Å². The molecule has 1 aliphatic rings. The number of carbonyl (C=O) groups is 2. The summed E-state index contributed by atoms with van der Waals surface area (Å²) < 4.78 is 5.23. The van der Waals surface area contributed by atoms with Crippen LogP contribution in [0.3, 0.4) is 0 Å². The quantitative estimate of drug-likeness (QED) is 0.426. The van der Waals surface area contributed by atoms with Gasteiger partial charge in [0.1, 0.15) is 0 Å². The first-order chi connectivity index (χ1) is 13.5. The number of aryl methyl sites for hydroxylation is 1. The molecule has 0 unspecified atom stereocenters. The summed E-state index contributed by atoms with van der Waals surface area (Å²) in [5.74, 6) is -0.935. The number of H-pyrrole nitrogens is 1. The van der Waals surface area contributed by atoms with E-state index in [0.717, 1.165) is 16.5 Å². The van der Waals surface area contributed by atoms with Gasteiger partial charge in [-0.1, -0.05) is 18.2 Å². The van der Waals surface area contributed by atoms with Crippen molar-refractivity contribution >= 4 is 34.2 Å². The lowest BCUT2D eigenvalue weighted by Gasteiger charge is -2.29. The second-order valence-electron chi connectivity index (χ2n) is 6.54. The van der Waals surface area contributed by atoms with Gasteiger partial charge in [-0.3, -0.25) is 14.9 Å². The van der Waals surface area contributed by atoms with E-state index < -0.39 is 17.5 Å². The molecule has 8 heteroatoms. The standard InChI is InChI=1S/C20H17N3O5/c24-19(12-28-20(25)16-11-21-17-6-2-1-5-15(16)17)22-9-3-4-13-10-14(23(26)27)7-8-18(13)22/h1-2,5-8,10-11,21H,3-4,9,12H2. The van der Waals surface area contributed by atoms with Gasteiger partial charge in [0.05, 0.1) is 10.5 Å². The first kappa shape index (κ1) is 17.7. The van der Waals surface area contributed by atoms with Crippen LogP contribution in [0, 0.1) is 10.1 Å². The predicted octanol–water partition coefficient (Wildman–Crippen LogP) is 3.21. The Bertz CT molecular complexity index is 1090. The summed E-state index contributed by atoms with van der Waals surface area (Å²) >= 11 is 0. The molecule has 0 spiro atoms. The zero-order valence-electron chi connectivity index (χ0n) is 14.9. The van der Waals surface area contributed by atoms with E-state index >= 15 is 0 Å². The monoisotopic (exact) mass is 379 g/mol. The summed E-state index contributed by atoms with van der Waals surface area (Å²) in [7, 11) is 0. The highest BCUT2D eigenvalue weighted by Gasteiger charge is 2.25. The number of ether oxygens (including phenoxy) is 1. The number of nitrogens with zero attached hydrogens (tertiary/aromatic N) is 2. The molecule has 4 rings (SSSR count). The zero-order chi connectivity index (χ0) is 19.7. The van der Waals surface area contributed by atoms with E-state index in [2.05, 4.69) is 4.98 Å². The molecule has 0 fully saturated rings. The highest BCUT2D eigenvalue weighted by Crippen LogP contribution is 2.30. The first-order valence-corrected chi connectivity index (χ1v) is 8.85. The van der Waals surface area contributed by atoms with Crippen molar-refractivity contribution in [3.8, 4) is 0 Å². The summed E-state index contributed by atoms with van der Waals surface area (Å²) in [6.45, 7) is 0.0864. The number of nitro groups is 1. The molecule has 142 valence electrons. The Balaban J connectivity index is 1.47. The molecule has 2 heterocycles. The van der Waals surface area contributed by atoms with Gasteiger partial charge in [0.25, 0.3) is 11.6 Å². The third-order valence-electron chi connectivity index (χ3n) is 4.83. The molecule has 1 aromatic heterocycles. The van der Waals surface area contributed by atoms with Crippen LogP contribution in [0.4, 0.5) is 11.4 Å². The van der Waals surface area contributed by atoms with Crippen molar-refractivity contribution in [2.75, 3.05) is 18.1 Å². The molecule has 1 aliphatic heterocycles. The van der Waals surface area contributed by atoms with Crippen molar-refractivity contribution < 1.29 is 19.2 Å². The van der Waals surface area contributed by atoms with Crippen molar-refractivity contribution in [1.82, 2.24) is 4.98 Å². The predicted molar refractivity (Wildman–Crippen MR) is 102 cm³/mol. The molecule has 0 saturated carbocycles. The Morgan fingerprint density at radius 3 is 2.86 bits per heavy atom. The van der Waals surface area contributed by atoms with Crippen molar-refractivity contribution in [3.05, 3.63) is 69.9 Å². The third kappa shape index (κ3) is 3.20. The summed E-state index contributed by atoms with van der Waals surface area (Å²) in [6.07, 6.45) is 2.92. The zero-order valence-corrected chi connectivity index (χ0v) is 14.9. The fourth-order valence-corrected chi connectivity index (χ4v) is 3.48. The number of para-hydroxylation sites is 1. The number of nitro benzene ring substituents is 1. The Hall–Kier alpha value is -3.68.